The Balaban J connectivity index is 1.89. The molecule has 136 valence electrons. The van der Waals surface area contributed by atoms with Gasteiger partial charge < -0.3 is 19.3 Å². The first-order valence-electron chi connectivity index (χ1n) is 8.78. The molecule has 6 atom stereocenters. The van der Waals surface area contributed by atoms with Crippen LogP contribution in [0.3, 0.4) is 0 Å². The Hall–Kier alpha value is -1.66. The number of carbonyl (C=O) groups is 2. The number of hydrogen-bond donors (Lipinski definition) is 1. The Morgan fingerprint density at radius 2 is 1.96 bits per heavy atom. The first kappa shape index (κ1) is 16.8. The molecule has 2 bridgehead atoms. The molecule has 6 unspecified atom stereocenters. The minimum atomic E-state index is -1.65. The van der Waals surface area contributed by atoms with Crippen LogP contribution in [0.1, 0.15) is 41.0 Å². The van der Waals surface area contributed by atoms with Gasteiger partial charge in [0.1, 0.15) is 17.3 Å². The normalized spacial score (nSPS) is 50.3. The molecular weight excluding hydrogens is 324 g/mol. The van der Waals surface area contributed by atoms with Gasteiger partial charge in [-0.1, -0.05) is 13.8 Å². The van der Waals surface area contributed by atoms with E-state index in [2.05, 4.69) is 0 Å². The molecule has 6 heteroatoms. The fraction of sp³-hybridized carbons (Fsp3) is 0.684. The van der Waals surface area contributed by atoms with Crippen LogP contribution in [-0.4, -0.2) is 40.5 Å². The summed E-state index contributed by atoms with van der Waals surface area (Å²) in [6, 6.07) is 0. The molecule has 4 rings (SSSR count). The van der Waals surface area contributed by atoms with E-state index in [0.717, 1.165) is 5.57 Å². The van der Waals surface area contributed by atoms with E-state index < -0.39 is 35.0 Å². The molecule has 2 fully saturated rings. The second-order valence-electron chi connectivity index (χ2n) is 8.37. The van der Waals surface area contributed by atoms with Crippen LogP contribution in [-0.2, 0) is 23.8 Å². The quantitative estimate of drug-likeness (QED) is 0.729. The summed E-state index contributed by atoms with van der Waals surface area (Å²) >= 11 is 0. The van der Waals surface area contributed by atoms with Gasteiger partial charge in [0.15, 0.2) is 11.4 Å². The summed E-state index contributed by atoms with van der Waals surface area (Å²) < 4.78 is 17.7. The van der Waals surface area contributed by atoms with Crippen molar-refractivity contribution in [3.63, 3.8) is 0 Å². The summed E-state index contributed by atoms with van der Waals surface area (Å²) in [4.78, 5) is 25.3. The van der Waals surface area contributed by atoms with Gasteiger partial charge in [-0.25, -0.2) is 0 Å². The van der Waals surface area contributed by atoms with E-state index in [1.807, 2.05) is 26.8 Å². The zero-order valence-electron chi connectivity index (χ0n) is 15.2. The number of ether oxygens (including phenoxy) is 3. The molecule has 4 aliphatic rings. The number of allylic oxidation sites excluding steroid dienone is 1. The van der Waals surface area contributed by atoms with Crippen molar-refractivity contribution in [2.24, 2.45) is 17.3 Å². The maximum absolute atomic E-state index is 12.8. The predicted octanol–water partition coefficient (Wildman–Crippen LogP) is 1.87. The van der Waals surface area contributed by atoms with Crippen LogP contribution in [0.15, 0.2) is 23.5 Å². The second kappa shape index (κ2) is 4.74. The molecule has 4 heterocycles. The SMILES string of the molecule is C/C1=C/C2OC(=O)C3(C)C2C(CC2(C)OC1=CC2=O)OC3(O)C(C)C. The van der Waals surface area contributed by atoms with E-state index in [0.29, 0.717) is 5.76 Å². The highest BCUT2D eigenvalue weighted by Crippen LogP contribution is 2.60. The molecule has 6 nitrogen and oxygen atoms in total. The Labute approximate surface area is 146 Å². The smallest absolute Gasteiger partial charge is 0.318 e. The van der Waals surface area contributed by atoms with Crippen molar-refractivity contribution in [3.8, 4) is 0 Å². The summed E-state index contributed by atoms with van der Waals surface area (Å²) in [7, 11) is 0. The number of ketones is 1. The van der Waals surface area contributed by atoms with Crippen molar-refractivity contribution in [3.05, 3.63) is 23.5 Å². The standard InChI is InChI=1S/C19H24O6/c1-9(2)19(22)18(5)15-12(23-16(18)21)6-10(3)11-7-14(20)17(4,24-11)8-13(15)25-19/h6-7,9,12-13,15,22H,8H2,1-5H3/b10-6-. The monoisotopic (exact) mass is 348 g/mol. The zero-order chi connectivity index (χ0) is 18.4. The minimum Gasteiger partial charge on any atom is -0.479 e. The molecule has 0 aromatic rings. The number of hydrogen-bond acceptors (Lipinski definition) is 6. The van der Waals surface area contributed by atoms with E-state index in [9.17, 15) is 14.7 Å². The first-order chi connectivity index (χ1) is 11.5. The number of esters is 1. The number of aliphatic hydroxyl groups is 1. The van der Waals surface area contributed by atoms with Crippen LogP contribution >= 0.6 is 0 Å². The van der Waals surface area contributed by atoms with E-state index in [4.69, 9.17) is 14.2 Å². The molecule has 0 aromatic heterocycles. The first-order valence-corrected chi connectivity index (χ1v) is 8.78. The summed E-state index contributed by atoms with van der Waals surface area (Å²) in [6.45, 7) is 8.91. The van der Waals surface area contributed by atoms with Gasteiger partial charge >= 0.3 is 5.97 Å². The lowest BCUT2D eigenvalue weighted by Gasteiger charge is -2.37. The van der Waals surface area contributed by atoms with Gasteiger partial charge in [-0.05, 0) is 32.4 Å². The lowest BCUT2D eigenvalue weighted by Crippen LogP contribution is -2.52. The summed E-state index contributed by atoms with van der Waals surface area (Å²) in [5.74, 6) is -2.41. The van der Waals surface area contributed by atoms with Crippen molar-refractivity contribution in [2.75, 3.05) is 0 Å². The van der Waals surface area contributed by atoms with Gasteiger partial charge in [0.05, 0.1) is 6.10 Å². The van der Waals surface area contributed by atoms with Gasteiger partial charge in [0, 0.05) is 24.3 Å². The van der Waals surface area contributed by atoms with Crippen LogP contribution in [0.4, 0.5) is 0 Å². The summed E-state index contributed by atoms with van der Waals surface area (Å²) in [5.41, 5.74) is -1.50. The molecule has 0 radical (unpaired) electrons. The van der Waals surface area contributed by atoms with Crippen molar-refractivity contribution >= 4 is 11.8 Å². The third-order valence-corrected chi connectivity index (χ3v) is 6.46. The lowest BCUT2D eigenvalue weighted by atomic mass is 9.66. The molecule has 4 aliphatic heterocycles. The van der Waals surface area contributed by atoms with Crippen LogP contribution in [0, 0.1) is 17.3 Å². The summed E-state index contributed by atoms with van der Waals surface area (Å²) in [5, 5.41) is 11.3. The third-order valence-electron chi connectivity index (χ3n) is 6.46. The largest absolute Gasteiger partial charge is 0.479 e. The second-order valence-corrected chi connectivity index (χ2v) is 8.37. The Morgan fingerprint density at radius 1 is 1.28 bits per heavy atom. The van der Waals surface area contributed by atoms with Crippen molar-refractivity contribution < 1.29 is 28.9 Å². The molecule has 0 aromatic carbocycles. The Morgan fingerprint density at radius 3 is 2.60 bits per heavy atom. The number of fused-ring (bicyclic) bond motifs is 2. The van der Waals surface area contributed by atoms with Gasteiger partial charge in [-0.3, -0.25) is 9.59 Å². The molecule has 0 saturated carbocycles. The van der Waals surface area contributed by atoms with E-state index in [1.54, 1.807) is 13.8 Å². The Kier molecular flexibility index (Phi) is 3.18. The molecule has 2 saturated heterocycles. The van der Waals surface area contributed by atoms with Crippen LogP contribution in [0.5, 0.6) is 0 Å². The third kappa shape index (κ3) is 1.87. The molecule has 0 aliphatic carbocycles. The number of rotatable bonds is 1. The number of carbonyl (C=O) groups excluding carboxylic acids is 2. The predicted molar refractivity (Wildman–Crippen MR) is 87.1 cm³/mol. The average molecular weight is 348 g/mol. The lowest BCUT2D eigenvalue weighted by molar-refractivity contribution is -0.264. The molecular formula is C19H24O6. The topological polar surface area (TPSA) is 82.1 Å². The molecule has 0 amide bonds. The highest BCUT2D eigenvalue weighted by atomic mass is 16.7. The van der Waals surface area contributed by atoms with Gasteiger partial charge in [0.25, 0.3) is 0 Å². The minimum absolute atomic E-state index is 0.121. The molecule has 1 N–H and O–H groups in total. The highest BCUT2D eigenvalue weighted by Gasteiger charge is 2.74. The van der Waals surface area contributed by atoms with Gasteiger partial charge in [-0.2, -0.15) is 0 Å². The van der Waals surface area contributed by atoms with Crippen molar-refractivity contribution in [1.82, 2.24) is 0 Å². The average Bonchev–Trinajstić information content (AvgIpc) is 3.03. The van der Waals surface area contributed by atoms with Crippen molar-refractivity contribution in [2.45, 2.75) is 64.6 Å². The van der Waals surface area contributed by atoms with Gasteiger partial charge in [-0.15, -0.1) is 0 Å². The maximum Gasteiger partial charge on any atom is 0.318 e. The van der Waals surface area contributed by atoms with E-state index >= 15 is 0 Å². The van der Waals surface area contributed by atoms with Gasteiger partial charge in [0.2, 0.25) is 5.78 Å². The van der Waals surface area contributed by atoms with Crippen LogP contribution < -0.4 is 0 Å². The maximum atomic E-state index is 12.8. The van der Waals surface area contributed by atoms with Crippen LogP contribution in [0.25, 0.3) is 0 Å². The van der Waals surface area contributed by atoms with E-state index in [-0.39, 0.29) is 24.0 Å². The van der Waals surface area contributed by atoms with Crippen LogP contribution in [0.2, 0.25) is 0 Å². The fourth-order valence-corrected chi connectivity index (χ4v) is 4.86. The molecule has 0 spiro atoms. The molecule has 25 heavy (non-hydrogen) atoms. The fourth-order valence-electron chi connectivity index (χ4n) is 4.86. The Bertz CT molecular complexity index is 736. The highest BCUT2D eigenvalue weighted by molar-refractivity contribution is 6.00. The zero-order valence-corrected chi connectivity index (χ0v) is 15.2. The van der Waals surface area contributed by atoms with E-state index in [1.165, 1.54) is 6.08 Å². The summed E-state index contributed by atoms with van der Waals surface area (Å²) in [6.07, 6.45) is 2.52. The van der Waals surface area contributed by atoms with Crippen molar-refractivity contribution in [1.29, 1.82) is 0 Å².